The Balaban J connectivity index is 1.67. The summed E-state index contributed by atoms with van der Waals surface area (Å²) in [6, 6.07) is 17.9. The molecule has 0 atom stereocenters. The molecule has 0 heterocycles. The van der Waals surface area contributed by atoms with Crippen LogP contribution in [0.2, 0.25) is 0 Å². The molecule has 1 amide bonds. The Morgan fingerprint density at radius 1 is 0.812 bits per heavy atom. The maximum atomic E-state index is 13.1. The first-order valence-corrected chi connectivity index (χ1v) is 10.9. The Hall–Kier alpha value is -3.44. The van der Waals surface area contributed by atoms with Crippen molar-refractivity contribution in [2.75, 3.05) is 10.6 Å². The van der Waals surface area contributed by atoms with Crippen LogP contribution in [0.15, 0.2) is 83.8 Å². The number of alkyl halides is 3. The second-order valence-corrected chi connectivity index (χ2v) is 8.54. The molecule has 0 saturated heterocycles. The van der Waals surface area contributed by atoms with Crippen LogP contribution in [0.3, 0.4) is 0 Å². The van der Waals surface area contributed by atoms with Crippen molar-refractivity contribution < 1.29 is 26.4 Å². The fourth-order valence-corrected chi connectivity index (χ4v) is 3.87. The standard InChI is InChI=1S/C21H16F3N3O3S2/c22-21(23,24)17-8-4-5-9-18(17)26-20(31)25-15-10-12-16(13-11-15)32(29,30)27-19(28)14-6-2-1-3-7-14/h1-13H,(H,27,28)(H2,25,26,31). The van der Waals surface area contributed by atoms with E-state index in [2.05, 4.69) is 10.6 Å². The number of anilines is 2. The fourth-order valence-electron chi connectivity index (χ4n) is 2.67. The Labute approximate surface area is 187 Å². The molecule has 32 heavy (non-hydrogen) atoms. The van der Waals surface area contributed by atoms with Crippen molar-refractivity contribution in [1.29, 1.82) is 0 Å². The van der Waals surface area contributed by atoms with Crippen LogP contribution in [-0.4, -0.2) is 19.4 Å². The average molecular weight is 480 g/mol. The molecule has 0 spiro atoms. The number of nitrogens with one attached hydrogen (secondary N) is 3. The average Bonchev–Trinajstić information content (AvgIpc) is 2.74. The third kappa shape index (κ3) is 5.83. The predicted molar refractivity (Wildman–Crippen MR) is 119 cm³/mol. The summed E-state index contributed by atoms with van der Waals surface area (Å²) in [5.74, 6) is -0.776. The van der Waals surface area contributed by atoms with Crippen molar-refractivity contribution in [3.8, 4) is 0 Å². The van der Waals surface area contributed by atoms with Gasteiger partial charge in [-0.1, -0.05) is 30.3 Å². The lowest BCUT2D eigenvalue weighted by atomic mass is 10.1. The van der Waals surface area contributed by atoms with E-state index in [1.807, 2.05) is 4.72 Å². The number of hydrogen-bond acceptors (Lipinski definition) is 4. The smallest absolute Gasteiger partial charge is 0.332 e. The Morgan fingerprint density at radius 3 is 2.03 bits per heavy atom. The molecular formula is C21H16F3N3O3S2. The number of halogens is 3. The molecule has 3 aromatic carbocycles. The van der Waals surface area contributed by atoms with Gasteiger partial charge in [-0.25, -0.2) is 13.1 Å². The highest BCUT2D eigenvalue weighted by molar-refractivity contribution is 7.90. The SMILES string of the molecule is O=C(NS(=O)(=O)c1ccc(NC(=S)Nc2ccccc2C(F)(F)F)cc1)c1ccccc1. The molecule has 6 nitrogen and oxygen atoms in total. The van der Waals surface area contributed by atoms with Crippen LogP contribution in [0.4, 0.5) is 24.5 Å². The van der Waals surface area contributed by atoms with Crippen LogP contribution in [0.1, 0.15) is 15.9 Å². The number of amides is 1. The number of sulfonamides is 1. The van der Waals surface area contributed by atoms with Crippen molar-refractivity contribution >= 4 is 44.6 Å². The highest BCUT2D eigenvalue weighted by Gasteiger charge is 2.33. The number of carbonyl (C=O) groups is 1. The van der Waals surface area contributed by atoms with Gasteiger partial charge < -0.3 is 10.6 Å². The van der Waals surface area contributed by atoms with Crippen LogP contribution >= 0.6 is 12.2 Å². The molecule has 0 aliphatic heterocycles. The minimum Gasteiger partial charge on any atom is -0.332 e. The molecule has 0 bridgehead atoms. The van der Waals surface area contributed by atoms with E-state index in [0.29, 0.717) is 5.69 Å². The zero-order valence-electron chi connectivity index (χ0n) is 16.2. The molecule has 166 valence electrons. The van der Waals surface area contributed by atoms with Crippen LogP contribution in [0, 0.1) is 0 Å². The quantitative estimate of drug-likeness (QED) is 0.463. The monoisotopic (exact) mass is 479 g/mol. The van der Waals surface area contributed by atoms with Crippen molar-refractivity contribution in [3.63, 3.8) is 0 Å². The Bertz CT molecular complexity index is 1230. The highest BCUT2D eigenvalue weighted by Crippen LogP contribution is 2.34. The number of hydrogen-bond donors (Lipinski definition) is 3. The molecule has 0 unspecified atom stereocenters. The normalized spacial score (nSPS) is 11.5. The molecule has 3 aromatic rings. The molecule has 0 saturated carbocycles. The summed E-state index contributed by atoms with van der Waals surface area (Å²) < 4.78 is 66.1. The summed E-state index contributed by atoms with van der Waals surface area (Å²) >= 11 is 5.05. The van der Waals surface area contributed by atoms with Crippen molar-refractivity contribution in [2.45, 2.75) is 11.1 Å². The van der Waals surface area contributed by atoms with Gasteiger partial charge in [0.1, 0.15) is 0 Å². The van der Waals surface area contributed by atoms with Gasteiger partial charge in [0.15, 0.2) is 5.11 Å². The van der Waals surface area contributed by atoms with E-state index in [9.17, 15) is 26.4 Å². The first-order valence-electron chi connectivity index (χ1n) is 9.03. The van der Waals surface area contributed by atoms with E-state index < -0.39 is 27.7 Å². The van der Waals surface area contributed by atoms with Crippen molar-refractivity contribution in [2.24, 2.45) is 0 Å². The molecule has 11 heteroatoms. The third-order valence-electron chi connectivity index (χ3n) is 4.17. The first kappa shape index (κ1) is 23.2. The van der Waals surface area contributed by atoms with Gasteiger partial charge in [0.2, 0.25) is 0 Å². The summed E-state index contributed by atoms with van der Waals surface area (Å²) in [6.45, 7) is 0. The van der Waals surface area contributed by atoms with Crippen LogP contribution < -0.4 is 15.4 Å². The second-order valence-electron chi connectivity index (χ2n) is 6.45. The van der Waals surface area contributed by atoms with Crippen LogP contribution in [-0.2, 0) is 16.2 Å². The topological polar surface area (TPSA) is 87.3 Å². The van der Waals surface area contributed by atoms with Gasteiger partial charge in [0.05, 0.1) is 16.1 Å². The van der Waals surface area contributed by atoms with E-state index in [-0.39, 0.29) is 21.3 Å². The summed E-state index contributed by atoms with van der Waals surface area (Å²) in [5.41, 5.74) is -0.578. The number of thiocarbonyl (C=S) groups is 1. The molecular weight excluding hydrogens is 463 g/mol. The minimum absolute atomic E-state index is 0.116. The third-order valence-corrected chi connectivity index (χ3v) is 5.72. The molecule has 0 aliphatic carbocycles. The lowest BCUT2D eigenvalue weighted by Gasteiger charge is -2.16. The molecule has 3 N–H and O–H groups in total. The molecule has 0 radical (unpaired) electrons. The van der Waals surface area contributed by atoms with E-state index in [1.165, 1.54) is 54.6 Å². The van der Waals surface area contributed by atoms with Gasteiger partial charge in [0, 0.05) is 11.3 Å². The Kier molecular flexibility index (Phi) is 6.80. The fraction of sp³-hybridized carbons (Fsp3) is 0.0476. The van der Waals surface area contributed by atoms with Gasteiger partial charge in [-0.15, -0.1) is 0 Å². The van der Waals surface area contributed by atoms with E-state index in [1.54, 1.807) is 18.2 Å². The maximum Gasteiger partial charge on any atom is 0.418 e. The molecule has 0 aliphatic rings. The minimum atomic E-state index is -4.56. The van der Waals surface area contributed by atoms with E-state index in [4.69, 9.17) is 12.2 Å². The maximum absolute atomic E-state index is 13.1. The van der Waals surface area contributed by atoms with Crippen molar-refractivity contribution in [1.82, 2.24) is 4.72 Å². The van der Waals surface area contributed by atoms with E-state index >= 15 is 0 Å². The second kappa shape index (κ2) is 9.37. The van der Waals surface area contributed by atoms with E-state index in [0.717, 1.165) is 6.07 Å². The van der Waals surface area contributed by atoms with Crippen LogP contribution in [0.25, 0.3) is 0 Å². The Morgan fingerprint density at radius 2 is 1.41 bits per heavy atom. The van der Waals surface area contributed by atoms with Crippen LogP contribution in [0.5, 0.6) is 0 Å². The number of rotatable bonds is 5. The summed E-state index contributed by atoms with van der Waals surface area (Å²) in [4.78, 5) is 11.9. The van der Waals surface area contributed by atoms with Gasteiger partial charge in [-0.2, -0.15) is 13.2 Å². The number of carbonyl (C=O) groups excluding carboxylic acids is 1. The zero-order chi connectivity index (χ0) is 23.4. The number of benzene rings is 3. The van der Waals surface area contributed by atoms with Gasteiger partial charge in [0.25, 0.3) is 15.9 Å². The largest absolute Gasteiger partial charge is 0.418 e. The molecule has 3 rings (SSSR count). The number of para-hydroxylation sites is 1. The summed E-state index contributed by atoms with van der Waals surface area (Å²) in [5, 5.41) is 5.05. The zero-order valence-corrected chi connectivity index (χ0v) is 17.8. The molecule has 0 fully saturated rings. The summed E-state index contributed by atoms with van der Waals surface area (Å²) in [6.07, 6.45) is -4.56. The lowest BCUT2D eigenvalue weighted by Crippen LogP contribution is -2.30. The summed E-state index contributed by atoms with van der Waals surface area (Å²) in [7, 11) is -4.12. The highest BCUT2D eigenvalue weighted by atomic mass is 32.2. The van der Waals surface area contributed by atoms with Gasteiger partial charge >= 0.3 is 6.18 Å². The van der Waals surface area contributed by atoms with Crippen molar-refractivity contribution in [3.05, 3.63) is 90.0 Å². The van der Waals surface area contributed by atoms with Gasteiger partial charge in [-0.05, 0) is 60.7 Å². The lowest BCUT2D eigenvalue weighted by molar-refractivity contribution is -0.136. The predicted octanol–water partition coefficient (Wildman–Crippen LogP) is 4.63. The van der Waals surface area contributed by atoms with Gasteiger partial charge in [-0.3, -0.25) is 4.79 Å². The molecule has 0 aromatic heterocycles. The first-order chi connectivity index (χ1) is 15.1.